The molecule has 2 aromatic rings. The van der Waals surface area contributed by atoms with Gasteiger partial charge in [-0.25, -0.2) is 0 Å². The van der Waals surface area contributed by atoms with Gasteiger partial charge in [-0.1, -0.05) is 18.5 Å². The molecule has 2 rings (SSSR count). The molecular weight excluding hydrogens is 262 g/mol. The van der Waals surface area contributed by atoms with Gasteiger partial charge in [-0.15, -0.1) is 0 Å². The van der Waals surface area contributed by atoms with Crippen molar-refractivity contribution in [2.24, 2.45) is 14.1 Å². The van der Waals surface area contributed by atoms with Gasteiger partial charge in [0.15, 0.2) is 0 Å². The van der Waals surface area contributed by atoms with Crippen molar-refractivity contribution in [3.05, 3.63) is 34.4 Å². The minimum atomic E-state index is 0.0219. The number of rotatable bonds is 5. The summed E-state index contributed by atoms with van der Waals surface area (Å²) in [6, 6.07) is 0.0219. The number of aryl methyl sites for hydroxylation is 2. The average Bonchev–Trinajstić information content (AvgIpc) is 2.88. The normalized spacial score (nSPS) is 12.9. The van der Waals surface area contributed by atoms with Gasteiger partial charge < -0.3 is 5.32 Å². The molecule has 104 valence electrons. The fraction of sp³-hybridized carbons (Fsp3) is 0.538. The van der Waals surface area contributed by atoms with E-state index >= 15 is 0 Å². The van der Waals surface area contributed by atoms with Crippen molar-refractivity contribution in [2.75, 3.05) is 6.54 Å². The Bertz CT molecular complexity index is 538. The topological polar surface area (TPSA) is 47.7 Å². The van der Waals surface area contributed by atoms with E-state index in [1.807, 2.05) is 29.7 Å². The molecule has 0 saturated heterocycles. The molecule has 0 aliphatic heterocycles. The van der Waals surface area contributed by atoms with Crippen LogP contribution in [0.2, 0.25) is 5.02 Å². The van der Waals surface area contributed by atoms with Crippen molar-refractivity contribution in [3.8, 4) is 0 Å². The number of nitrogens with one attached hydrogen (secondary N) is 1. The molecule has 6 heteroatoms. The van der Waals surface area contributed by atoms with Gasteiger partial charge in [0, 0.05) is 25.4 Å². The largest absolute Gasteiger partial charge is 0.305 e. The van der Waals surface area contributed by atoms with E-state index in [1.165, 1.54) is 0 Å². The minimum absolute atomic E-state index is 0.0219. The third-order valence-corrected chi connectivity index (χ3v) is 3.68. The second kappa shape index (κ2) is 5.75. The third kappa shape index (κ3) is 2.67. The van der Waals surface area contributed by atoms with Crippen LogP contribution in [0.3, 0.4) is 0 Å². The highest BCUT2D eigenvalue weighted by molar-refractivity contribution is 6.31. The highest BCUT2D eigenvalue weighted by Crippen LogP contribution is 2.29. The zero-order chi connectivity index (χ0) is 14.0. The predicted octanol–water partition coefficient (Wildman–Crippen LogP) is 2.20. The highest BCUT2D eigenvalue weighted by atomic mass is 35.5. The third-order valence-electron chi connectivity index (χ3n) is 3.39. The maximum Gasteiger partial charge on any atom is 0.0837 e. The lowest BCUT2D eigenvalue weighted by Gasteiger charge is -2.19. The molecule has 5 nitrogen and oxygen atoms in total. The molecule has 0 bridgehead atoms. The van der Waals surface area contributed by atoms with E-state index in [9.17, 15) is 0 Å². The van der Waals surface area contributed by atoms with Crippen LogP contribution in [-0.4, -0.2) is 26.1 Å². The molecule has 0 saturated carbocycles. The molecule has 1 atom stereocenters. The van der Waals surface area contributed by atoms with E-state index in [0.29, 0.717) is 5.02 Å². The van der Waals surface area contributed by atoms with E-state index in [0.717, 1.165) is 29.9 Å². The van der Waals surface area contributed by atoms with E-state index in [1.54, 1.807) is 6.20 Å². The first-order chi connectivity index (χ1) is 9.06. The molecular formula is C13H20ClN5. The van der Waals surface area contributed by atoms with Crippen LogP contribution in [0, 0.1) is 6.92 Å². The van der Waals surface area contributed by atoms with Gasteiger partial charge in [0.05, 0.1) is 29.2 Å². The molecule has 2 heterocycles. The summed E-state index contributed by atoms with van der Waals surface area (Å²) in [6.07, 6.45) is 4.64. The Labute approximate surface area is 118 Å². The summed E-state index contributed by atoms with van der Waals surface area (Å²) in [5, 5.41) is 12.7. The molecule has 0 amide bonds. The molecule has 0 aliphatic rings. The van der Waals surface area contributed by atoms with Gasteiger partial charge in [-0.05, 0) is 19.9 Å². The summed E-state index contributed by atoms with van der Waals surface area (Å²) in [7, 11) is 3.86. The van der Waals surface area contributed by atoms with Crippen molar-refractivity contribution in [3.63, 3.8) is 0 Å². The zero-order valence-corrected chi connectivity index (χ0v) is 12.6. The van der Waals surface area contributed by atoms with Crippen molar-refractivity contribution in [1.82, 2.24) is 24.9 Å². The first-order valence-electron chi connectivity index (χ1n) is 6.45. The lowest BCUT2D eigenvalue weighted by Crippen LogP contribution is -2.26. The zero-order valence-electron chi connectivity index (χ0n) is 11.8. The summed E-state index contributed by atoms with van der Waals surface area (Å²) >= 11 is 6.28. The number of aromatic nitrogens is 4. The fourth-order valence-corrected chi connectivity index (χ4v) is 2.46. The summed E-state index contributed by atoms with van der Waals surface area (Å²) in [4.78, 5) is 0. The smallest absolute Gasteiger partial charge is 0.0837 e. The Morgan fingerprint density at radius 1 is 1.26 bits per heavy atom. The standard InChI is InChI=1S/C13H20ClN5/c1-5-6-15-12(10-7-16-18(3)9(10)2)13-11(14)8-17-19(13)4/h7-8,12,15H,5-6H2,1-4H3. The number of nitrogens with zero attached hydrogens (tertiary/aromatic N) is 4. The molecule has 1 N–H and O–H groups in total. The fourth-order valence-electron chi connectivity index (χ4n) is 2.19. The molecule has 0 aliphatic carbocycles. The quantitative estimate of drug-likeness (QED) is 0.914. The monoisotopic (exact) mass is 281 g/mol. The molecule has 0 aromatic carbocycles. The first kappa shape index (κ1) is 14.1. The molecule has 0 spiro atoms. The summed E-state index contributed by atoms with van der Waals surface area (Å²) in [5.74, 6) is 0. The van der Waals surface area contributed by atoms with E-state index < -0.39 is 0 Å². The van der Waals surface area contributed by atoms with Crippen molar-refractivity contribution in [2.45, 2.75) is 26.3 Å². The minimum Gasteiger partial charge on any atom is -0.305 e. The summed E-state index contributed by atoms with van der Waals surface area (Å²) in [6.45, 7) is 5.12. The Hall–Kier alpha value is -1.33. The molecule has 19 heavy (non-hydrogen) atoms. The van der Waals surface area contributed by atoms with Crippen LogP contribution in [0.5, 0.6) is 0 Å². The summed E-state index contributed by atoms with van der Waals surface area (Å²) in [5.41, 5.74) is 3.25. The van der Waals surface area contributed by atoms with Crippen LogP contribution >= 0.6 is 11.6 Å². The van der Waals surface area contributed by atoms with Gasteiger partial charge in [0.2, 0.25) is 0 Å². The Kier molecular flexibility index (Phi) is 4.27. The molecule has 0 radical (unpaired) electrons. The van der Waals surface area contributed by atoms with E-state index in [-0.39, 0.29) is 6.04 Å². The summed E-state index contributed by atoms with van der Waals surface area (Å²) < 4.78 is 3.70. The lowest BCUT2D eigenvalue weighted by molar-refractivity contribution is 0.551. The Balaban J connectivity index is 2.44. The number of halogens is 1. The van der Waals surface area contributed by atoms with E-state index in [4.69, 9.17) is 11.6 Å². The van der Waals surface area contributed by atoms with Crippen LogP contribution in [0.1, 0.15) is 36.3 Å². The van der Waals surface area contributed by atoms with Crippen LogP contribution in [0.25, 0.3) is 0 Å². The van der Waals surface area contributed by atoms with Gasteiger partial charge in [-0.2, -0.15) is 10.2 Å². The van der Waals surface area contributed by atoms with Crippen LogP contribution < -0.4 is 5.32 Å². The van der Waals surface area contributed by atoms with Gasteiger partial charge in [0.25, 0.3) is 0 Å². The number of hydrogen-bond donors (Lipinski definition) is 1. The molecule has 0 fully saturated rings. The maximum absolute atomic E-state index is 6.28. The van der Waals surface area contributed by atoms with Crippen molar-refractivity contribution in [1.29, 1.82) is 0 Å². The van der Waals surface area contributed by atoms with Crippen LogP contribution in [0.15, 0.2) is 12.4 Å². The van der Waals surface area contributed by atoms with E-state index in [2.05, 4.69) is 29.4 Å². The molecule has 1 unspecified atom stereocenters. The Morgan fingerprint density at radius 2 is 1.95 bits per heavy atom. The van der Waals surface area contributed by atoms with Gasteiger partial charge in [0.1, 0.15) is 0 Å². The number of hydrogen-bond acceptors (Lipinski definition) is 3. The average molecular weight is 282 g/mol. The second-order valence-electron chi connectivity index (χ2n) is 4.70. The lowest BCUT2D eigenvalue weighted by atomic mass is 10.0. The van der Waals surface area contributed by atoms with Crippen molar-refractivity contribution < 1.29 is 0 Å². The van der Waals surface area contributed by atoms with Crippen LogP contribution in [0.4, 0.5) is 0 Å². The SMILES string of the molecule is CCCNC(c1cnn(C)c1C)c1c(Cl)cnn1C. The predicted molar refractivity (Wildman–Crippen MR) is 76.3 cm³/mol. The molecule has 2 aromatic heterocycles. The van der Waals surface area contributed by atoms with Gasteiger partial charge in [-0.3, -0.25) is 9.36 Å². The Morgan fingerprint density at radius 3 is 2.42 bits per heavy atom. The maximum atomic E-state index is 6.28. The second-order valence-corrected chi connectivity index (χ2v) is 5.10. The van der Waals surface area contributed by atoms with Gasteiger partial charge >= 0.3 is 0 Å². The van der Waals surface area contributed by atoms with Crippen LogP contribution in [-0.2, 0) is 14.1 Å². The van der Waals surface area contributed by atoms with Crippen molar-refractivity contribution >= 4 is 11.6 Å². The highest BCUT2D eigenvalue weighted by Gasteiger charge is 2.23. The first-order valence-corrected chi connectivity index (χ1v) is 6.83.